The van der Waals surface area contributed by atoms with Gasteiger partial charge in [-0.15, -0.1) is 11.3 Å². The lowest BCUT2D eigenvalue weighted by molar-refractivity contribution is 0.117. The molecule has 1 aliphatic heterocycles. The molecule has 0 bridgehead atoms. The Morgan fingerprint density at radius 3 is 2.87 bits per heavy atom. The maximum absolute atomic E-state index is 5.65. The molecule has 2 rings (SSSR count). The van der Waals surface area contributed by atoms with Gasteiger partial charge in [-0.1, -0.05) is 0 Å². The van der Waals surface area contributed by atoms with Crippen molar-refractivity contribution in [2.45, 2.75) is 32.4 Å². The fraction of sp³-hybridized carbons (Fsp3) is 0.667. The van der Waals surface area contributed by atoms with Crippen LogP contribution < -0.4 is 5.32 Å². The SMILES string of the molecule is CNC(c1ccsc1C)C1COC(C)C1. The molecule has 0 amide bonds. The molecule has 1 N–H and O–H groups in total. The van der Waals surface area contributed by atoms with Crippen LogP contribution >= 0.6 is 11.3 Å². The molecule has 1 saturated heterocycles. The average Bonchev–Trinajstić information content (AvgIpc) is 2.79. The van der Waals surface area contributed by atoms with E-state index in [-0.39, 0.29) is 0 Å². The summed E-state index contributed by atoms with van der Waals surface area (Å²) in [5.74, 6) is 0.623. The van der Waals surface area contributed by atoms with E-state index in [1.165, 1.54) is 16.9 Å². The monoisotopic (exact) mass is 225 g/mol. The summed E-state index contributed by atoms with van der Waals surface area (Å²) in [5, 5.41) is 5.61. The summed E-state index contributed by atoms with van der Waals surface area (Å²) < 4.78 is 5.65. The fourth-order valence-electron chi connectivity index (χ4n) is 2.45. The first-order valence-corrected chi connectivity index (χ1v) is 6.43. The van der Waals surface area contributed by atoms with Crippen LogP contribution in [0.25, 0.3) is 0 Å². The van der Waals surface area contributed by atoms with Crippen LogP contribution in [0, 0.1) is 12.8 Å². The highest BCUT2D eigenvalue weighted by molar-refractivity contribution is 7.10. The maximum atomic E-state index is 5.65. The minimum absolute atomic E-state index is 0.421. The molecule has 1 aliphatic rings. The predicted molar refractivity (Wildman–Crippen MR) is 64.4 cm³/mol. The lowest BCUT2D eigenvalue weighted by Gasteiger charge is -2.22. The highest BCUT2D eigenvalue weighted by atomic mass is 32.1. The number of nitrogens with one attached hydrogen (secondary N) is 1. The largest absolute Gasteiger partial charge is 0.378 e. The summed E-state index contributed by atoms with van der Waals surface area (Å²) in [6.45, 7) is 5.25. The molecule has 0 spiro atoms. The zero-order valence-corrected chi connectivity index (χ0v) is 10.4. The van der Waals surface area contributed by atoms with Gasteiger partial charge in [0.25, 0.3) is 0 Å². The normalized spacial score (nSPS) is 28.2. The summed E-state index contributed by atoms with van der Waals surface area (Å²) >= 11 is 1.83. The Hall–Kier alpha value is -0.380. The van der Waals surface area contributed by atoms with Crippen molar-refractivity contribution in [3.8, 4) is 0 Å². The van der Waals surface area contributed by atoms with E-state index in [1.54, 1.807) is 0 Å². The first kappa shape index (κ1) is 11.1. The number of rotatable bonds is 3. The first-order valence-electron chi connectivity index (χ1n) is 5.55. The van der Waals surface area contributed by atoms with E-state index in [0.29, 0.717) is 18.1 Å². The molecule has 84 valence electrons. The van der Waals surface area contributed by atoms with Crippen molar-refractivity contribution in [3.05, 3.63) is 21.9 Å². The Kier molecular flexibility index (Phi) is 3.44. The lowest BCUT2D eigenvalue weighted by atomic mass is 9.91. The first-order chi connectivity index (χ1) is 7.22. The van der Waals surface area contributed by atoms with E-state index in [1.807, 2.05) is 18.4 Å². The molecule has 1 aromatic heterocycles. The van der Waals surface area contributed by atoms with Gasteiger partial charge in [0.1, 0.15) is 0 Å². The molecule has 3 atom stereocenters. The van der Waals surface area contributed by atoms with Crippen LogP contribution in [0.15, 0.2) is 11.4 Å². The molecule has 2 heterocycles. The van der Waals surface area contributed by atoms with E-state index in [4.69, 9.17) is 4.74 Å². The minimum Gasteiger partial charge on any atom is -0.378 e. The molecular formula is C12H19NOS. The molecule has 0 radical (unpaired) electrons. The zero-order valence-electron chi connectivity index (χ0n) is 9.62. The van der Waals surface area contributed by atoms with E-state index < -0.39 is 0 Å². The third kappa shape index (κ3) is 2.25. The van der Waals surface area contributed by atoms with Crippen molar-refractivity contribution < 1.29 is 4.74 Å². The molecular weight excluding hydrogens is 206 g/mol. The Bertz CT molecular complexity index is 323. The lowest BCUT2D eigenvalue weighted by Crippen LogP contribution is -2.25. The quantitative estimate of drug-likeness (QED) is 0.854. The summed E-state index contributed by atoms with van der Waals surface area (Å²) in [7, 11) is 2.05. The number of ether oxygens (including phenoxy) is 1. The summed E-state index contributed by atoms with van der Waals surface area (Å²) in [6.07, 6.45) is 1.59. The third-order valence-corrected chi connectivity index (χ3v) is 4.11. The molecule has 1 aromatic rings. The van der Waals surface area contributed by atoms with Gasteiger partial charge in [0.05, 0.1) is 12.7 Å². The number of aryl methyl sites for hydroxylation is 1. The van der Waals surface area contributed by atoms with Crippen LogP contribution in [0.5, 0.6) is 0 Å². The van der Waals surface area contributed by atoms with Crippen LogP contribution in [0.4, 0.5) is 0 Å². The van der Waals surface area contributed by atoms with Gasteiger partial charge in [0.15, 0.2) is 0 Å². The smallest absolute Gasteiger partial charge is 0.0551 e. The molecule has 15 heavy (non-hydrogen) atoms. The second-order valence-electron chi connectivity index (χ2n) is 4.34. The van der Waals surface area contributed by atoms with Gasteiger partial charge in [-0.05, 0) is 44.3 Å². The van der Waals surface area contributed by atoms with Crippen LogP contribution in [-0.2, 0) is 4.74 Å². The highest BCUT2D eigenvalue weighted by Crippen LogP contribution is 2.34. The van der Waals surface area contributed by atoms with E-state index in [2.05, 4.69) is 30.6 Å². The van der Waals surface area contributed by atoms with Gasteiger partial charge in [-0.25, -0.2) is 0 Å². The van der Waals surface area contributed by atoms with E-state index in [0.717, 1.165) is 6.61 Å². The van der Waals surface area contributed by atoms with Gasteiger partial charge in [-0.3, -0.25) is 0 Å². The van der Waals surface area contributed by atoms with Gasteiger partial charge < -0.3 is 10.1 Å². The van der Waals surface area contributed by atoms with Crippen LogP contribution in [0.2, 0.25) is 0 Å². The maximum Gasteiger partial charge on any atom is 0.0551 e. The molecule has 0 aromatic carbocycles. The highest BCUT2D eigenvalue weighted by Gasteiger charge is 2.30. The number of hydrogen-bond acceptors (Lipinski definition) is 3. The Labute approximate surface area is 95.6 Å². The van der Waals surface area contributed by atoms with E-state index >= 15 is 0 Å². The molecule has 0 saturated carbocycles. The van der Waals surface area contributed by atoms with Crippen molar-refractivity contribution in [3.63, 3.8) is 0 Å². The standard InChI is InChI=1S/C12H19NOS/c1-8-6-10(7-14-8)12(13-3)11-4-5-15-9(11)2/h4-5,8,10,12-13H,6-7H2,1-3H3. The molecule has 3 unspecified atom stereocenters. The van der Waals surface area contributed by atoms with Crippen LogP contribution in [0.1, 0.15) is 29.8 Å². The Balaban J connectivity index is 2.14. The summed E-state index contributed by atoms with van der Waals surface area (Å²) in [4.78, 5) is 1.42. The molecule has 1 fully saturated rings. The van der Waals surface area contributed by atoms with Crippen molar-refractivity contribution in [2.75, 3.05) is 13.7 Å². The van der Waals surface area contributed by atoms with Gasteiger partial charge >= 0.3 is 0 Å². The van der Waals surface area contributed by atoms with Gasteiger partial charge in [0, 0.05) is 16.8 Å². The zero-order chi connectivity index (χ0) is 10.8. The van der Waals surface area contributed by atoms with Gasteiger partial charge in [0.2, 0.25) is 0 Å². The second kappa shape index (κ2) is 4.64. The van der Waals surface area contributed by atoms with Crippen molar-refractivity contribution in [1.82, 2.24) is 5.32 Å². The predicted octanol–water partition coefficient (Wildman–Crippen LogP) is 2.74. The second-order valence-corrected chi connectivity index (χ2v) is 5.46. The Morgan fingerprint density at radius 2 is 2.40 bits per heavy atom. The number of hydrogen-bond donors (Lipinski definition) is 1. The fourth-order valence-corrected chi connectivity index (χ4v) is 3.20. The molecule has 2 nitrogen and oxygen atoms in total. The van der Waals surface area contributed by atoms with E-state index in [9.17, 15) is 0 Å². The van der Waals surface area contributed by atoms with Gasteiger partial charge in [-0.2, -0.15) is 0 Å². The topological polar surface area (TPSA) is 21.3 Å². The van der Waals surface area contributed by atoms with Crippen molar-refractivity contribution in [1.29, 1.82) is 0 Å². The van der Waals surface area contributed by atoms with Crippen LogP contribution in [-0.4, -0.2) is 19.8 Å². The molecule has 3 heteroatoms. The average molecular weight is 225 g/mol. The summed E-state index contributed by atoms with van der Waals surface area (Å²) in [6, 6.07) is 2.70. The van der Waals surface area contributed by atoms with Crippen molar-refractivity contribution >= 4 is 11.3 Å². The Morgan fingerprint density at radius 1 is 1.60 bits per heavy atom. The summed E-state index contributed by atoms with van der Waals surface area (Å²) in [5.41, 5.74) is 1.45. The van der Waals surface area contributed by atoms with Crippen LogP contribution in [0.3, 0.4) is 0 Å². The minimum atomic E-state index is 0.421. The molecule has 0 aliphatic carbocycles. The number of thiophene rings is 1. The van der Waals surface area contributed by atoms with Crippen molar-refractivity contribution in [2.24, 2.45) is 5.92 Å². The third-order valence-electron chi connectivity index (χ3n) is 3.25.